The van der Waals surface area contributed by atoms with Crippen LogP contribution < -0.4 is 10.7 Å². The molecule has 2 N–H and O–H groups in total. The molecule has 0 saturated carbocycles. The highest BCUT2D eigenvalue weighted by atomic mass is 32.1. The molecule has 0 aliphatic heterocycles. The van der Waals surface area contributed by atoms with E-state index in [4.69, 9.17) is 0 Å². The molecule has 7 nitrogen and oxygen atoms in total. The molecule has 0 aliphatic carbocycles. The van der Waals surface area contributed by atoms with Gasteiger partial charge in [0.05, 0.1) is 11.9 Å². The molecule has 0 atom stereocenters. The van der Waals surface area contributed by atoms with Gasteiger partial charge in [-0.2, -0.15) is 5.10 Å². The van der Waals surface area contributed by atoms with Crippen LogP contribution in [0.2, 0.25) is 0 Å². The maximum absolute atomic E-state index is 13.1. The molecule has 2 amide bonds. The van der Waals surface area contributed by atoms with Gasteiger partial charge in [0.25, 0.3) is 11.8 Å². The zero-order valence-electron chi connectivity index (χ0n) is 23.3. The normalized spacial score (nSPS) is 11.5. The van der Waals surface area contributed by atoms with E-state index in [-0.39, 0.29) is 11.8 Å². The summed E-state index contributed by atoms with van der Waals surface area (Å²) in [6.45, 7) is 15.1. The van der Waals surface area contributed by atoms with Crippen LogP contribution in [0.25, 0.3) is 0 Å². The summed E-state index contributed by atoms with van der Waals surface area (Å²) in [5.74, 6) is -0.603. The van der Waals surface area contributed by atoms with Gasteiger partial charge >= 0.3 is 0 Å². The molecular weight excluding hydrogens is 494 g/mol. The van der Waals surface area contributed by atoms with E-state index in [0.29, 0.717) is 16.1 Å². The summed E-state index contributed by atoms with van der Waals surface area (Å²) in [5.41, 5.74) is 8.83. The summed E-state index contributed by atoms with van der Waals surface area (Å²) < 4.78 is 0. The van der Waals surface area contributed by atoms with E-state index in [0.717, 1.165) is 55.0 Å². The van der Waals surface area contributed by atoms with Crippen molar-refractivity contribution >= 4 is 35.1 Å². The van der Waals surface area contributed by atoms with Gasteiger partial charge in [0, 0.05) is 25.2 Å². The number of nitrogens with zero attached hydrogens (tertiary/aromatic N) is 3. The molecule has 0 radical (unpaired) electrons. The van der Waals surface area contributed by atoms with Crippen LogP contribution in [-0.2, 0) is 6.54 Å². The first-order valence-electron chi connectivity index (χ1n) is 13.0. The molecule has 2 aromatic carbocycles. The fourth-order valence-corrected chi connectivity index (χ4v) is 4.96. The van der Waals surface area contributed by atoms with Crippen LogP contribution in [0.15, 0.2) is 52.9 Å². The third kappa shape index (κ3) is 8.08. The van der Waals surface area contributed by atoms with Gasteiger partial charge in [-0.05, 0) is 86.2 Å². The van der Waals surface area contributed by atoms with Crippen molar-refractivity contribution < 1.29 is 9.59 Å². The SMILES string of the molecule is CCN(CC)CCN(C)Cc1cccc(C(=O)Nc2c(C)csc2C(=O)N/N=C/c2ccc(C)c(C)c2)c1. The van der Waals surface area contributed by atoms with Gasteiger partial charge < -0.3 is 15.1 Å². The lowest BCUT2D eigenvalue weighted by atomic mass is 10.1. The Hall–Kier alpha value is -3.33. The van der Waals surface area contributed by atoms with Gasteiger partial charge in [0.2, 0.25) is 0 Å². The van der Waals surface area contributed by atoms with Crippen molar-refractivity contribution in [2.45, 2.75) is 41.2 Å². The molecular formula is C30H39N5O2S. The number of aryl methyl sites for hydroxylation is 3. The molecule has 0 spiro atoms. The number of carbonyl (C=O) groups excluding carboxylic acids is 2. The zero-order chi connectivity index (χ0) is 27.7. The van der Waals surface area contributed by atoms with Gasteiger partial charge in [-0.1, -0.05) is 44.2 Å². The number of anilines is 1. The van der Waals surface area contributed by atoms with Crippen LogP contribution in [0.3, 0.4) is 0 Å². The Kier molecular flexibility index (Phi) is 10.8. The van der Waals surface area contributed by atoms with Crippen LogP contribution in [0.5, 0.6) is 0 Å². The minimum Gasteiger partial charge on any atom is -0.320 e. The quantitative estimate of drug-likeness (QED) is 0.239. The second-order valence-electron chi connectivity index (χ2n) is 9.58. The van der Waals surface area contributed by atoms with Crippen molar-refractivity contribution in [3.05, 3.63) is 86.1 Å². The molecule has 1 aromatic heterocycles. The number of hydrogen-bond donors (Lipinski definition) is 2. The molecule has 0 fully saturated rings. The Bertz CT molecular complexity index is 1280. The highest BCUT2D eigenvalue weighted by Gasteiger charge is 2.19. The summed E-state index contributed by atoms with van der Waals surface area (Å²) in [4.78, 5) is 31.1. The molecule has 0 unspecified atom stereocenters. The smallest absolute Gasteiger partial charge is 0.283 e. The van der Waals surface area contributed by atoms with Crippen molar-refractivity contribution in [1.29, 1.82) is 0 Å². The van der Waals surface area contributed by atoms with Crippen LogP contribution in [0, 0.1) is 20.8 Å². The Morgan fingerprint density at radius 2 is 1.71 bits per heavy atom. The Balaban J connectivity index is 1.64. The fraction of sp³-hybridized carbons (Fsp3) is 0.367. The Labute approximate surface area is 230 Å². The second-order valence-corrected chi connectivity index (χ2v) is 10.5. The maximum atomic E-state index is 13.1. The summed E-state index contributed by atoms with van der Waals surface area (Å²) in [6, 6.07) is 13.6. The molecule has 3 rings (SSSR count). The van der Waals surface area contributed by atoms with Gasteiger partial charge in [0.15, 0.2) is 0 Å². The van der Waals surface area contributed by atoms with E-state index in [1.807, 2.05) is 55.6 Å². The average molecular weight is 534 g/mol. The van der Waals surface area contributed by atoms with Crippen molar-refractivity contribution in [3.8, 4) is 0 Å². The lowest BCUT2D eigenvalue weighted by Crippen LogP contribution is -2.32. The van der Waals surface area contributed by atoms with Gasteiger partial charge in [-0.15, -0.1) is 11.3 Å². The monoisotopic (exact) mass is 533 g/mol. The van der Waals surface area contributed by atoms with Crippen molar-refractivity contribution in [2.75, 3.05) is 38.5 Å². The fourth-order valence-electron chi connectivity index (χ4n) is 4.07. The van der Waals surface area contributed by atoms with Gasteiger partial charge in [0.1, 0.15) is 4.88 Å². The summed E-state index contributed by atoms with van der Waals surface area (Å²) in [6.07, 6.45) is 1.62. The largest absolute Gasteiger partial charge is 0.320 e. The number of likely N-dealkylation sites (N-methyl/N-ethyl adjacent to an activating group) is 2. The number of amides is 2. The molecule has 0 aliphatic rings. The number of hydrogen-bond acceptors (Lipinski definition) is 6. The third-order valence-electron chi connectivity index (χ3n) is 6.66. The van der Waals surface area contributed by atoms with E-state index in [1.54, 1.807) is 12.3 Å². The minimum atomic E-state index is -0.359. The van der Waals surface area contributed by atoms with Gasteiger partial charge in [-0.3, -0.25) is 9.59 Å². The highest BCUT2D eigenvalue weighted by molar-refractivity contribution is 7.13. The molecule has 0 bridgehead atoms. The van der Waals surface area contributed by atoms with E-state index < -0.39 is 0 Å². The molecule has 0 saturated heterocycles. The predicted molar refractivity (Wildman–Crippen MR) is 159 cm³/mol. The average Bonchev–Trinajstić information content (AvgIpc) is 3.26. The van der Waals surface area contributed by atoms with Crippen LogP contribution >= 0.6 is 11.3 Å². The number of benzene rings is 2. The topological polar surface area (TPSA) is 77.0 Å². The summed E-state index contributed by atoms with van der Waals surface area (Å²) in [5, 5.41) is 8.93. The lowest BCUT2D eigenvalue weighted by molar-refractivity contribution is 0.0960. The number of nitrogens with one attached hydrogen (secondary N) is 2. The van der Waals surface area contributed by atoms with E-state index in [1.165, 1.54) is 16.9 Å². The van der Waals surface area contributed by atoms with Crippen LogP contribution in [0.4, 0.5) is 5.69 Å². The molecule has 1 heterocycles. The molecule has 38 heavy (non-hydrogen) atoms. The molecule has 3 aromatic rings. The number of hydrazone groups is 1. The van der Waals surface area contributed by atoms with E-state index in [2.05, 4.69) is 53.5 Å². The molecule has 202 valence electrons. The maximum Gasteiger partial charge on any atom is 0.283 e. The standard InChI is InChI=1S/C30H39N5O2S/c1-7-35(8-2)15-14-34(6)19-25-10-9-11-26(17-25)29(36)32-27-23(5)20-38-28(27)30(37)33-31-18-24-13-12-21(3)22(4)16-24/h9-13,16-18,20H,7-8,14-15,19H2,1-6H3,(H,32,36)(H,33,37)/b31-18+. The zero-order valence-corrected chi connectivity index (χ0v) is 24.1. The summed E-state index contributed by atoms with van der Waals surface area (Å²) in [7, 11) is 2.10. The lowest BCUT2D eigenvalue weighted by Gasteiger charge is -2.23. The van der Waals surface area contributed by atoms with E-state index in [9.17, 15) is 9.59 Å². The van der Waals surface area contributed by atoms with E-state index >= 15 is 0 Å². The van der Waals surface area contributed by atoms with Gasteiger partial charge in [-0.25, -0.2) is 5.43 Å². The van der Waals surface area contributed by atoms with Crippen molar-refractivity contribution in [3.63, 3.8) is 0 Å². The first-order chi connectivity index (χ1) is 18.2. The number of carbonyl (C=O) groups is 2. The van der Waals surface area contributed by atoms with Crippen LogP contribution in [-0.4, -0.2) is 61.1 Å². The first kappa shape index (κ1) is 29.2. The Morgan fingerprint density at radius 1 is 0.947 bits per heavy atom. The second kappa shape index (κ2) is 14.0. The number of rotatable bonds is 12. The Morgan fingerprint density at radius 3 is 2.42 bits per heavy atom. The van der Waals surface area contributed by atoms with Crippen LogP contribution in [0.1, 0.15) is 61.7 Å². The summed E-state index contributed by atoms with van der Waals surface area (Å²) >= 11 is 1.28. The number of thiophene rings is 1. The predicted octanol–water partition coefficient (Wildman–Crippen LogP) is 5.46. The first-order valence-corrected chi connectivity index (χ1v) is 13.9. The highest BCUT2D eigenvalue weighted by Crippen LogP contribution is 2.28. The minimum absolute atomic E-state index is 0.244. The van der Waals surface area contributed by atoms with Crippen molar-refractivity contribution in [2.24, 2.45) is 5.10 Å². The third-order valence-corrected chi connectivity index (χ3v) is 7.76. The molecule has 8 heteroatoms. The van der Waals surface area contributed by atoms with Crippen molar-refractivity contribution in [1.82, 2.24) is 15.2 Å².